The van der Waals surface area contributed by atoms with Gasteiger partial charge in [-0.3, -0.25) is 4.79 Å². The van der Waals surface area contributed by atoms with Crippen molar-refractivity contribution >= 4 is 17.5 Å². The van der Waals surface area contributed by atoms with Crippen LogP contribution in [-0.2, 0) is 11.2 Å². The minimum atomic E-state index is -0.178. The fourth-order valence-electron chi connectivity index (χ4n) is 4.43. The van der Waals surface area contributed by atoms with Gasteiger partial charge in [-0.15, -0.1) is 0 Å². The summed E-state index contributed by atoms with van der Waals surface area (Å²) in [5, 5.41) is 13.4. The average Bonchev–Trinajstić information content (AvgIpc) is 2.70. The maximum atomic E-state index is 13.1. The van der Waals surface area contributed by atoms with Gasteiger partial charge in [0.05, 0.1) is 11.6 Å². The van der Waals surface area contributed by atoms with Crippen molar-refractivity contribution in [1.29, 1.82) is 5.26 Å². The quantitative estimate of drug-likeness (QED) is 0.581. The SMILES string of the molecule is CCCC1(C(=O)NC(C)[C@@H](Cc2ccc(Cl)cc2)c2cccc(C#N)c2)CCC1. The molecule has 0 bridgehead atoms. The molecule has 1 N–H and O–H groups in total. The standard InChI is InChI=1S/C25H29ClN2O/c1-3-12-25(13-5-14-25)24(29)28-18(2)23(16-19-8-10-22(26)11-9-19)21-7-4-6-20(15-21)17-27/h4,6-11,15,18,23H,3,5,12-14,16H2,1-2H3,(H,28,29)/t18?,23-/m1/s1. The van der Waals surface area contributed by atoms with E-state index in [1.54, 1.807) is 0 Å². The van der Waals surface area contributed by atoms with Gasteiger partial charge >= 0.3 is 0 Å². The van der Waals surface area contributed by atoms with E-state index in [0.717, 1.165) is 49.7 Å². The number of halogens is 1. The zero-order valence-corrected chi connectivity index (χ0v) is 18.0. The smallest absolute Gasteiger partial charge is 0.226 e. The lowest BCUT2D eigenvalue weighted by atomic mass is 9.65. The number of benzene rings is 2. The Kier molecular flexibility index (Phi) is 6.98. The number of carbonyl (C=O) groups is 1. The number of hydrogen-bond donors (Lipinski definition) is 1. The molecule has 0 radical (unpaired) electrons. The Balaban J connectivity index is 1.84. The van der Waals surface area contributed by atoms with E-state index in [-0.39, 0.29) is 23.3 Å². The van der Waals surface area contributed by atoms with Crippen LogP contribution in [0.5, 0.6) is 0 Å². The second-order valence-electron chi connectivity index (χ2n) is 8.32. The number of amides is 1. The van der Waals surface area contributed by atoms with Gasteiger partial charge in [0, 0.05) is 22.4 Å². The van der Waals surface area contributed by atoms with Crippen LogP contribution in [0, 0.1) is 16.7 Å². The highest BCUT2D eigenvalue weighted by molar-refractivity contribution is 6.30. The normalized spacial score (nSPS) is 16.9. The van der Waals surface area contributed by atoms with Gasteiger partial charge in [-0.2, -0.15) is 5.26 Å². The number of nitriles is 1. The highest BCUT2D eigenvalue weighted by Crippen LogP contribution is 2.45. The van der Waals surface area contributed by atoms with E-state index >= 15 is 0 Å². The first-order valence-electron chi connectivity index (χ1n) is 10.5. The van der Waals surface area contributed by atoms with Crippen molar-refractivity contribution in [2.24, 2.45) is 5.41 Å². The van der Waals surface area contributed by atoms with Crippen molar-refractivity contribution in [3.63, 3.8) is 0 Å². The minimum Gasteiger partial charge on any atom is -0.353 e. The molecular weight excluding hydrogens is 380 g/mol. The van der Waals surface area contributed by atoms with Crippen LogP contribution in [0.4, 0.5) is 0 Å². The third-order valence-corrected chi connectivity index (χ3v) is 6.55. The highest BCUT2D eigenvalue weighted by atomic mass is 35.5. The van der Waals surface area contributed by atoms with Crippen LogP contribution in [0.3, 0.4) is 0 Å². The monoisotopic (exact) mass is 408 g/mol. The zero-order chi connectivity index (χ0) is 20.9. The van der Waals surface area contributed by atoms with Crippen molar-refractivity contribution in [3.8, 4) is 6.07 Å². The van der Waals surface area contributed by atoms with E-state index in [0.29, 0.717) is 10.6 Å². The van der Waals surface area contributed by atoms with Crippen molar-refractivity contribution in [1.82, 2.24) is 5.32 Å². The van der Waals surface area contributed by atoms with E-state index in [9.17, 15) is 10.1 Å². The van der Waals surface area contributed by atoms with Crippen LogP contribution in [0.25, 0.3) is 0 Å². The summed E-state index contributed by atoms with van der Waals surface area (Å²) in [6, 6.07) is 17.8. The Labute approximate surface area is 179 Å². The number of carbonyl (C=O) groups excluding carboxylic acids is 1. The van der Waals surface area contributed by atoms with Crippen LogP contribution in [0.1, 0.15) is 68.6 Å². The van der Waals surface area contributed by atoms with Crippen LogP contribution < -0.4 is 5.32 Å². The number of nitrogens with one attached hydrogen (secondary N) is 1. The van der Waals surface area contributed by atoms with Crippen LogP contribution in [0.2, 0.25) is 5.02 Å². The zero-order valence-electron chi connectivity index (χ0n) is 17.2. The van der Waals surface area contributed by atoms with Crippen LogP contribution in [-0.4, -0.2) is 11.9 Å². The van der Waals surface area contributed by atoms with Gasteiger partial charge < -0.3 is 5.32 Å². The van der Waals surface area contributed by atoms with Crippen LogP contribution >= 0.6 is 11.6 Å². The minimum absolute atomic E-state index is 0.0403. The fraction of sp³-hybridized carbons (Fsp3) is 0.440. The van der Waals surface area contributed by atoms with Crippen molar-refractivity contribution < 1.29 is 4.79 Å². The molecule has 2 atom stereocenters. The van der Waals surface area contributed by atoms with E-state index in [1.807, 2.05) is 42.5 Å². The molecule has 3 nitrogen and oxygen atoms in total. The first-order valence-corrected chi connectivity index (χ1v) is 10.9. The molecule has 0 aromatic heterocycles. The third kappa shape index (κ3) is 5.00. The lowest BCUT2D eigenvalue weighted by Crippen LogP contribution is -2.50. The Morgan fingerprint density at radius 3 is 2.55 bits per heavy atom. The molecule has 1 amide bonds. The van der Waals surface area contributed by atoms with Crippen molar-refractivity contribution in [3.05, 3.63) is 70.2 Å². The Morgan fingerprint density at radius 2 is 1.97 bits per heavy atom. The topological polar surface area (TPSA) is 52.9 Å². The summed E-state index contributed by atoms with van der Waals surface area (Å²) in [5.74, 6) is 0.267. The molecule has 1 aliphatic carbocycles. The van der Waals surface area contributed by atoms with Gasteiger partial charge in [-0.1, -0.05) is 55.6 Å². The molecule has 4 heteroatoms. The summed E-state index contributed by atoms with van der Waals surface area (Å²) in [5.41, 5.74) is 2.70. The summed E-state index contributed by atoms with van der Waals surface area (Å²) in [6.45, 7) is 4.23. The fourth-order valence-corrected chi connectivity index (χ4v) is 4.56. The molecule has 1 unspecified atom stereocenters. The Hall–Kier alpha value is -2.31. The summed E-state index contributed by atoms with van der Waals surface area (Å²) in [7, 11) is 0. The molecule has 1 saturated carbocycles. The largest absolute Gasteiger partial charge is 0.353 e. The molecule has 0 heterocycles. The third-order valence-electron chi connectivity index (χ3n) is 6.30. The Morgan fingerprint density at radius 1 is 1.24 bits per heavy atom. The lowest BCUT2D eigenvalue weighted by Gasteiger charge is -2.41. The molecule has 2 aromatic carbocycles. The molecule has 0 spiro atoms. The van der Waals surface area contributed by atoms with Gasteiger partial charge in [0.25, 0.3) is 0 Å². The van der Waals surface area contributed by atoms with Gasteiger partial charge in [-0.05, 0) is 68.0 Å². The second-order valence-corrected chi connectivity index (χ2v) is 8.76. The van der Waals surface area contributed by atoms with Crippen molar-refractivity contribution in [2.45, 2.75) is 64.3 Å². The predicted octanol–water partition coefficient (Wildman–Crippen LogP) is 6.01. The maximum Gasteiger partial charge on any atom is 0.226 e. The molecule has 29 heavy (non-hydrogen) atoms. The number of nitrogens with zero attached hydrogens (tertiary/aromatic N) is 1. The van der Waals surface area contributed by atoms with Crippen molar-refractivity contribution in [2.75, 3.05) is 0 Å². The van der Waals surface area contributed by atoms with Gasteiger partial charge in [-0.25, -0.2) is 0 Å². The molecular formula is C25H29ClN2O. The molecule has 152 valence electrons. The van der Waals surface area contributed by atoms with Gasteiger partial charge in [0.2, 0.25) is 5.91 Å². The first kappa shape index (κ1) is 21.4. The highest BCUT2D eigenvalue weighted by Gasteiger charge is 2.43. The molecule has 2 aromatic rings. The predicted molar refractivity (Wildman–Crippen MR) is 118 cm³/mol. The molecule has 1 fully saturated rings. The average molecular weight is 409 g/mol. The van der Waals surface area contributed by atoms with E-state index in [2.05, 4.69) is 31.3 Å². The molecule has 3 rings (SSSR count). The van der Waals surface area contributed by atoms with E-state index in [4.69, 9.17) is 11.6 Å². The first-order chi connectivity index (χ1) is 14.0. The summed E-state index contributed by atoms with van der Waals surface area (Å²) < 4.78 is 0. The van der Waals surface area contributed by atoms with E-state index < -0.39 is 0 Å². The van der Waals surface area contributed by atoms with Gasteiger partial charge in [0.15, 0.2) is 0 Å². The molecule has 1 aliphatic rings. The number of rotatable bonds is 8. The van der Waals surface area contributed by atoms with Gasteiger partial charge in [0.1, 0.15) is 0 Å². The Bertz CT molecular complexity index is 880. The second kappa shape index (κ2) is 9.46. The lowest BCUT2D eigenvalue weighted by molar-refractivity contribution is -0.137. The number of hydrogen-bond acceptors (Lipinski definition) is 2. The van der Waals surface area contributed by atoms with E-state index in [1.165, 1.54) is 0 Å². The maximum absolute atomic E-state index is 13.1. The van der Waals surface area contributed by atoms with Crippen LogP contribution in [0.15, 0.2) is 48.5 Å². The summed E-state index contributed by atoms with van der Waals surface area (Å²) in [6.07, 6.45) is 5.88. The summed E-state index contributed by atoms with van der Waals surface area (Å²) >= 11 is 6.05. The molecule has 0 aliphatic heterocycles. The molecule has 0 saturated heterocycles. The summed E-state index contributed by atoms with van der Waals surface area (Å²) in [4.78, 5) is 13.1.